The van der Waals surface area contributed by atoms with Crippen LogP contribution in [-0.4, -0.2) is 44.3 Å². The molecule has 10 heteroatoms. The number of amides is 1. The average Bonchev–Trinajstić information content (AvgIpc) is 2.73. The lowest BCUT2D eigenvalue weighted by atomic mass is 10.1. The van der Waals surface area contributed by atoms with E-state index in [2.05, 4.69) is 4.72 Å². The molecule has 1 aliphatic heterocycles. The van der Waals surface area contributed by atoms with Crippen molar-refractivity contribution in [2.24, 2.45) is 0 Å². The Bertz CT molecular complexity index is 1010. The molecule has 0 aromatic heterocycles. The first-order chi connectivity index (χ1) is 13.8. The molecular weight excluding hydrogens is 398 g/mol. The van der Waals surface area contributed by atoms with Crippen molar-refractivity contribution in [1.82, 2.24) is 4.90 Å². The molecular formula is C19H21N3O6S. The fourth-order valence-electron chi connectivity index (χ4n) is 3.15. The lowest BCUT2D eigenvalue weighted by Crippen LogP contribution is -2.35. The van der Waals surface area contributed by atoms with E-state index in [4.69, 9.17) is 4.74 Å². The average molecular weight is 419 g/mol. The molecule has 9 nitrogen and oxygen atoms in total. The zero-order valence-electron chi connectivity index (χ0n) is 15.8. The molecule has 1 amide bonds. The number of carbonyl (C=O) groups is 1. The molecule has 0 unspecified atom stereocenters. The molecule has 0 saturated carbocycles. The standard InChI is InChI=1S/C19H21N3O6S/c1-28-18-10-7-15(22(24)25)13-17(18)20-29(26,27)16-8-5-14(6-9-16)19(23)21-11-3-2-4-12-21/h5-10,13,20H,2-4,11-12H2,1H3. The third kappa shape index (κ3) is 4.65. The zero-order chi connectivity index (χ0) is 21.0. The fourth-order valence-corrected chi connectivity index (χ4v) is 4.21. The smallest absolute Gasteiger partial charge is 0.271 e. The molecule has 29 heavy (non-hydrogen) atoms. The van der Waals surface area contributed by atoms with Gasteiger partial charge in [0.15, 0.2) is 0 Å². The summed E-state index contributed by atoms with van der Waals surface area (Å²) in [6.07, 6.45) is 3.04. The van der Waals surface area contributed by atoms with Gasteiger partial charge >= 0.3 is 0 Å². The number of anilines is 1. The Morgan fingerprint density at radius 2 is 1.76 bits per heavy atom. The third-order valence-corrected chi connectivity index (χ3v) is 6.07. The molecule has 1 saturated heterocycles. The minimum atomic E-state index is -4.03. The summed E-state index contributed by atoms with van der Waals surface area (Å²) in [5.41, 5.74) is 0.0972. The number of nitrogens with zero attached hydrogens (tertiary/aromatic N) is 2. The van der Waals surface area contributed by atoms with E-state index in [9.17, 15) is 23.3 Å². The monoisotopic (exact) mass is 419 g/mol. The van der Waals surface area contributed by atoms with Crippen molar-refractivity contribution in [3.05, 3.63) is 58.1 Å². The van der Waals surface area contributed by atoms with Gasteiger partial charge < -0.3 is 9.64 Å². The van der Waals surface area contributed by atoms with Gasteiger partial charge in [0, 0.05) is 30.8 Å². The van der Waals surface area contributed by atoms with Gasteiger partial charge in [-0.25, -0.2) is 8.42 Å². The van der Waals surface area contributed by atoms with Gasteiger partial charge in [-0.3, -0.25) is 19.6 Å². The number of nitro groups is 1. The van der Waals surface area contributed by atoms with Crippen LogP contribution in [0.2, 0.25) is 0 Å². The van der Waals surface area contributed by atoms with Gasteiger partial charge in [-0.15, -0.1) is 0 Å². The van der Waals surface area contributed by atoms with Crippen LogP contribution >= 0.6 is 0 Å². The second-order valence-corrected chi connectivity index (χ2v) is 8.31. The maximum atomic E-state index is 12.7. The van der Waals surface area contributed by atoms with Crippen LogP contribution in [0.15, 0.2) is 47.4 Å². The minimum absolute atomic E-state index is 0.0461. The number of rotatable bonds is 6. The highest BCUT2D eigenvalue weighted by atomic mass is 32.2. The van der Waals surface area contributed by atoms with Crippen LogP contribution in [-0.2, 0) is 10.0 Å². The van der Waals surface area contributed by atoms with E-state index in [0.29, 0.717) is 18.7 Å². The second kappa shape index (κ2) is 8.48. The highest BCUT2D eigenvalue weighted by Crippen LogP contribution is 2.31. The predicted molar refractivity (Wildman–Crippen MR) is 107 cm³/mol. The summed E-state index contributed by atoms with van der Waals surface area (Å²) < 4.78 is 32.8. The van der Waals surface area contributed by atoms with Crippen LogP contribution in [0.4, 0.5) is 11.4 Å². The van der Waals surface area contributed by atoms with Crippen LogP contribution in [0.3, 0.4) is 0 Å². The number of hydrogen-bond acceptors (Lipinski definition) is 6. The lowest BCUT2D eigenvalue weighted by Gasteiger charge is -2.26. The van der Waals surface area contributed by atoms with Crippen LogP contribution in [0.25, 0.3) is 0 Å². The number of nitro benzene ring substituents is 1. The number of carbonyl (C=O) groups excluding carboxylic acids is 1. The lowest BCUT2D eigenvalue weighted by molar-refractivity contribution is -0.384. The molecule has 1 aliphatic rings. The maximum absolute atomic E-state index is 12.7. The summed E-state index contributed by atoms with van der Waals surface area (Å²) in [6, 6.07) is 9.23. The first kappa shape index (κ1) is 20.6. The summed E-state index contributed by atoms with van der Waals surface area (Å²) in [4.78, 5) is 24.6. The molecule has 1 heterocycles. The van der Waals surface area contributed by atoms with Crippen molar-refractivity contribution in [2.45, 2.75) is 24.2 Å². The number of non-ortho nitro benzene ring substituents is 1. The van der Waals surface area contributed by atoms with Gasteiger partial charge in [0.05, 0.1) is 22.6 Å². The fraction of sp³-hybridized carbons (Fsp3) is 0.316. The van der Waals surface area contributed by atoms with Crippen molar-refractivity contribution < 1.29 is 22.9 Å². The normalized spacial score (nSPS) is 14.3. The van der Waals surface area contributed by atoms with Crippen LogP contribution < -0.4 is 9.46 Å². The summed E-state index contributed by atoms with van der Waals surface area (Å²) in [5, 5.41) is 11.0. The Balaban J connectivity index is 1.82. The Kier molecular flexibility index (Phi) is 6.02. The number of nitrogens with one attached hydrogen (secondary N) is 1. The van der Waals surface area contributed by atoms with Gasteiger partial charge in [-0.2, -0.15) is 0 Å². The summed E-state index contributed by atoms with van der Waals surface area (Å²) >= 11 is 0. The molecule has 1 fully saturated rings. The van der Waals surface area contributed by atoms with Crippen LogP contribution in [0.5, 0.6) is 5.75 Å². The van der Waals surface area contributed by atoms with Crippen molar-refractivity contribution in [2.75, 3.05) is 24.9 Å². The Morgan fingerprint density at radius 1 is 1.10 bits per heavy atom. The topological polar surface area (TPSA) is 119 Å². The minimum Gasteiger partial charge on any atom is -0.495 e. The van der Waals surface area contributed by atoms with Crippen LogP contribution in [0.1, 0.15) is 29.6 Å². The Morgan fingerprint density at radius 3 is 2.34 bits per heavy atom. The summed E-state index contributed by atoms with van der Waals surface area (Å²) in [5.74, 6) is 0.0260. The number of likely N-dealkylation sites (tertiary alicyclic amines) is 1. The van der Waals surface area contributed by atoms with E-state index >= 15 is 0 Å². The van der Waals surface area contributed by atoms with E-state index in [1.807, 2.05) is 0 Å². The molecule has 0 bridgehead atoms. The van der Waals surface area contributed by atoms with Gasteiger partial charge in [-0.05, 0) is 49.6 Å². The molecule has 2 aromatic carbocycles. The zero-order valence-corrected chi connectivity index (χ0v) is 16.6. The van der Waals surface area contributed by atoms with Crippen molar-refractivity contribution in [1.29, 1.82) is 0 Å². The van der Waals surface area contributed by atoms with Crippen LogP contribution in [0, 0.1) is 10.1 Å². The Labute approximate surface area is 168 Å². The summed E-state index contributed by atoms with van der Waals surface area (Å²) in [6.45, 7) is 1.40. The molecule has 2 aromatic rings. The molecule has 3 rings (SSSR count). The van der Waals surface area contributed by atoms with E-state index in [1.165, 1.54) is 43.5 Å². The van der Waals surface area contributed by atoms with Crippen molar-refractivity contribution in [3.63, 3.8) is 0 Å². The number of piperidine rings is 1. The van der Waals surface area contributed by atoms with E-state index in [-0.39, 0.29) is 27.9 Å². The molecule has 0 spiro atoms. The van der Waals surface area contributed by atoms with Gasteiger partial charge in [0.25, 0.3) is 21.6 Å². The number of sulfonamides is 1. The number of methoxy groups -OCH3 is 1. The molecule has 0 aliphatic carbocycles. The molecule has 1 N–H and O–H groups in total. The van der Waals surface area contributed by atoms with E-state index in [1.54, 1.807) is 4.90 Å². The van der Waals surface area contributed by atoms with Gasteiger partial charge in [-0.1, -0.05) is 0 Å². The number of benzene rings is 2. The quantitative estimate of drug-likeness (QED) is 0.568. The van der Waals surface area contributed by atoms with Gasteiger partial charge in [0.2, 0.25) is 0 Å². The molecule has 154 valence electrons. The highest BCUT2D eigenvalue weighted by molar-refractivity contribution is 7.92. The summed E-state index contributed by atoms with van der Waals surface area (Å²) in [7, 11) is -2.70. The molecule has 0 atom stereocenters. The second-order valence-electron chi connectivity index (χ2n) is 6.62. The predicted octanol–water partition coefficient (Wildman–Crippen LogP) is 3.03. The van der Waals surface area contributed by atoms with E-state index in [0.717, 1.165) is 25.3 Å². The van der Waals surface area contributed by atoms with Gasteiger partial charge in [0.1, 0.15) is 5.75 Å². The van der Waals surface area contributed by atoms with Crippen molar-refractivity contribution in [3.8, 4) is 5.75 Å². The Hall–Kier alpha value is -3.14. The number of hydrogen-bond donors (Lipinski definition) is 1. The molecule has 0 radical (unpaired) electrons. The highest BCUT2D eigenvalue weighted by Gasteiger charge is 2.21. The third-order valence-electron chi connectivity index (χ3n) is 4.69. The first-order valence-corrected chi connectivity index (χ1v) is 10.5. The SMILES string of the molecule is COc1ccc([N+](=O)[O-])cc1NS(=O)(=O)c1ccc(C(=O)N2CCCCC2)cc1. The largest absolute Gasteiger partial charge is 0.495 e. The van der Waals surface area contributed by atoms with Crippen molar-refractivity contribution >= 4 is 27.3 Å². The number of ether oxygens (including phenoxy) is 1. The first-order valence-electron chi connectivity index (χ1n) is 9.06. The van der Waals surface area contributed by atoms with E-state index < -0.39 is 14.9 Å². The maximum Gasteiger partial charge on any atom is 0.271 e.